The number of hydrogen-bond acceptors (Lipinski definition) is 3. The molecule has 0 aliphatic carbocycles. The minimum Gasteiger partial charge on any atom is -0.205 e. The lowest BCUT2D eigenvalue weighted by Crippen LogP contribution is -2.12. The van der Waals surface area contributed by atoms with Crippen molar-refractivity contribution < 1.29 is 8.42 Å². The second kappa shape index (κ2) is 3.57. The normalized spacial score (nSPS) is 13.2. The minimum absolute atomic E-state index is 0.0430. The fourth-order valence-corrected chi connectivity index (χ4v) is 2.48. The maximum atomic E-state index is 11.5. The molecule has 0 fully saturated rings. The molecular formula is C12H16N2O2S. The summed E-state index contributed by atoms with van der Waals surface area (Å²) in [5, 5.41) is 4.77. The molecule has 0 aliphatic heterocycles. The van der Waals surface area contributed by atoms with Crippen molar-refractivity contribution in [2.24, 2.45) is 0 Å². The van der Waals surface area contributed by atoms with Gasteiger partial charge in [-0.3, -0.25) is 0 Å². The minimum atomic E-state index is -3.33. The second-order valence-corrected chi connectivity index (χ2v) is 7.09. The van der Waals surface area contributed by atoms with Gasteiger partial charge in [-0.05, 0) is 23.1 Å². The molecule has 17 heavy (non-hydrogen) atoms. The average molecular weight is 252 g/mol. The fourth-order valence-electron chi connectivity index (χ4n) is 1.74. The van der Waals surface area contributed by atoms with E-state index in [-0.39, 0.29) is 5.41 Å². The van der Waals surface area contributed by atoms with E-state index >= 15 is 0 Å². The summed E-state index contributed by atoms with van der Waals surface area (Å²) in [6.45, 7) is 6.36. The van der Waals surface area contributed by atoms with Gasteiger partial charge in [0.25, 0.3) is 10.0 Å². The van der Waals surface area contributed by atoms with Gasteiger partial charge < -0.3 is 0 Å². The first-order valence-corrected chi connectivity index (χ1v) is 7.23. The van der Waals surface area contributed by atoms with Crippen LogP contribution in [0.1, 0.15) is 26.3 Å². The monoisotopic (exact) mass is 252 g/mol. The van der Waals surface area contributed by atoms with Crippen LogP contribution in [0.5, 0.6) is 0 Å². The van der Waals surface area contributed by atoms with Gasteiger partial charge in [-0.15, -0.1) is 0 Å². The number of benzene rings is 1. The van der Waals surface area contributed by atoms with Crippen LogP contribution in [0.15, 0.2) is 24.4 Å². The molecule has 0 bridgehead atoms. The van der Waals surface area contributed by atoms with Crippen LogP contribution in [0.25, 0.3) is 10.9 Å². The molecule has 0 spiro atoms. The molecule has 0 N–H and O–H groups in total. The van der Waals surface area contributed by atoms with E-state index in [0.717, 1.165) is 21.3 Å². The maximum absolute atomic E-state index is 11.5. The Morgan fingerprint density at radius 2 is 1.88 bits per heavy atom. The average Bonchev–Trinajstić information content (AvgIpc) is 2.57. The van der Waals surface area contributed by atoms with Crippen LogP contribution in [-0.4, -0.2) is 23.9 Å². The van der Waals surface area contributed by atoms with Gasteiger partial charge in [-0.25, -0.2) is 8.42 Å². The van der Waals surface area contributed by atoms with E-state index in [9.17, 15) is 8.42 Å². The van der Waals surface area contributed by atoms with Crippen molar-refractivity contribution >= 4 is 20.9 Å². The number of aromatic nitrogens is 2. The first-order valence-electron chi connectivity index (χ1n) is 5.38. The van der Waals surface area contributed by atoms with Gasteiger partial charge in [-0.1, -0.05) is 26.8 Å². The lowest BCUT2D eigenvalue weighted by Gasteiger charge is -2.18. The first-order chi connectivity index (χ1) is 7.69. The van der Waals surface area contributed by atoms with Crippen LogP contribution < -0.4 is 0 Å². The molecular weight excluding hydrogens is 236 g/mol. The Morgan fingerprint density at radius 3 is 2.41 bits per heavy atom. The second-order valence-electron chi connectivity index (χ2n) is 5.27. The van der Waals surface area contributed by atoms with E-state index in [4.69, 9.17) is 0 Å². The summed E-state index contributed by atoms with van der Waals surface area (Å²) in [6.07, 6.45) is 2.74. The highest BCUT2D eigenvalue weighted by Crippen LogP contribution is 2.26. The molecule has 1 aromatic heterocycles. The third kappa shape index (κ3) is 2.20. The van der Waals surface area contributed by atoms with Gasteiger partial charge in [-0.2, -0.15) is 9.19 Å². The Hall–Kier alpha value is -1.36. The third-order valence-corrected chi connectivity index (χ3v) is 3.63. The van der Waals surface area contributed by atoms with Crippen LogP contribution >= 0.6 is 0 Å². The molecule has 0 radical (unpaired) electrons. The summed E-state index contributed by atoms with van der Waals surface area (Å²) in [7, 11) is -3.33. The summed E-state index contributed by atoms with van der Waals surface area (Å²) in [6, 6.07) is 5.75. The summed E-state index contributed by atoms with van der Waals surface area (Å²) in [5.74, 6) is 0. The predicted octanol–water partition coefficient (Wildman–Crippen LogP) is 2.14. The highest BCUT2D eigenvalue weighted by atomic mass is 32.2. The summed E-state index contributed by atoms with van der Waals surface area (Å²) >= 11 is 0. The molecule has 2 rings (SSSR count). The van der Waals surface area contributed by atoms with Crippen LogP contribution in [0.2, 0.25) is 0 Å². The number of hydrogen-bond donors (Lipinski definition) is 0. The van der Waals surface area contributed by atoms with E-state index in [2.05, 4.69) is 25.9 Å². The van der Waals surface area contributed by atoms with Crippen molar-refractivity contribution in [1.82, 2.24) is 9.19 Å². The molecule has 5 heteroatoms. The first kappa shape index (κ1) is 12.1. The molecule has 0 saturated carbocycles. The molecule has 92 valence electrons. The molecule has 0 amide bonds. The van der Waals surface area contributed by atoms with Crippen LogP contribution in [0, 0.1) is 0 Å². The summed E-state index contributed by atoms with van der Waals surface area (Å²) in [5.41, 5.74) is 1.83. The van der Waals surface area contributed by atoms with Crippen molar-refractivity contribution in [3.8, 4) is 0 Å². The smallest absolute Gasteiger partial charge is 0.205 e. The zero-order valence-electron chi connectivity index (χ0n) is 10.4. The van der Waals surface area contributed by atoms with Gasteiger partial charge >= 0.3 is 0 Å². The quantitative estimate of drug-likeness (QED) is 0.781. The molecule has 4 nitrogen and oxygen atoms in total. The molecule has 0 unspecified atom stereocenters. The largest absolute Gasteiger partial charge is 0.251 e. The Kier molecular flexibility index (Phi) is 2.54. The Bertz CT molecular complexity index is 663. The standard InChI is InChI=1S/C12H16N2O2S/c1-12(2,3)10-5-6-11-9(7-10)8-13-14(11)17(4,15)16/h5-8H,1-4H3. The van der Waals surface area contributed by atoms with E-state index in [0.29, 0.717) is 5.52 Å². The topological polar surface area (TPSA) is 52.0 Å². The number of fused-ring (bicyclic) bond motifs is 1. The SMILES string of the molecule is CC(C)(C)c1ccc2c(cnn2S(C)(=O)=O)c1. The Balaban J connectivity index is 2.69. The summed E-state index contributed by atoms with van der Waals surface area (Å²) < 4.78 is 24.0. The molecule has 0 atom stereocenters. The van der Waals surface area contributed by atoms with Crippen molar-refractivity contribution in [2.45, 2.75) is 26.2 Å². The van der Waals surface area contributed by atoms with E-state index in [1.54, 1.807) is 6.20 Å². The van der Waals surface area contributed by atoms with Crippen LogP contribution in [-0.2, 0) is 15.4 Å². The van der Waals surface area contributed by atoms with E-state index in [1.807, 2.05) is 18.2 Å². The van der Waals surface area contributed by atoms with Gasteiger partial charge in [0.2, 0.25) is 0 Å². The molecule has 2 aromatic rings. The Labute approximate surface area is 101 Å². The third-order valence-electron chi connectivity index (χ3n) is 2.72. The Morgan fingerprint density at radius 1 is 1.24 bits per heavy atom. The van der Waals surface area contributed by atoms with Crippen LogP contribution in [0.3, 0.4) is 0 Å². The lowest BCUT2D eigenvalue weighted by atomic mass is 9.86. The van der Waals surface area contributed by atoms with E-state index < -0.39 is 10.0 Å². The van der Waals surface area contributed by atoms with Gasteiger partial charge in [0.05, 0.1) is 18.0 Å². The number of rotatable bonds is 1. The lowest BCUT2D eigenvalue weighted by molar-refractivity contribution is 0.588. The highest BCUT2D eigenvalue weighted by Gasteiger charge is 2.16. The van der Waals surface area contributed by atoms with E-state index in [1.165, 1.54) is 0 Å². The van der Waals surface area contributed by atoms with Crippen molar-refractivity contribution in [3.05, 3.63) is 30.0 Å². The summed E-state index contributed by atoms with van der Waals surface area (Å²) in [4.78, 5) is 0. The fraction of sp³-hybridized carbons (Fsp3) is 0.417. The molecule has 0 aliphatic rings. The zero-order valence-corrected chi connectivity index (χ0v) is 11.2. The van der Waals surface area contributed by atoms with Crippen molar-refractivity contribution in [2.75, 3.05) is 6.26 Å². The molecule has 0 saturated heterocycles. The van der Waals surface area contributed by atoms with Crippen LogP contribution in [0.4, 0.5) is 0 Å². The van der Waals surface area contributed by atoms with Gasteiger partial charge in [0.1, 0.15) is 0 Å². The van der Waals surface area contributed by atoms with Gasteiger partial charge in [0.15, 0.2) is 0 Å². The number of nitrogens with zero attached hydrogens (tertiary/aromatic N) is 2. The predicted molar refractivity (Wildman–Crippen MR) is 68.7 cm³/mol. The maximum Gasteiger partial charge on any atom is 0.251 e. The van der Waals surface area contributed by atoms with Gasteiger partial charge in [0, 0.05) is 5.39 Å². The van der Waals surface area contributed by atoms with Crippen molar-refractivity contribution in [1.29, 1.82) is 0 Å². The van der Waals surface area contributed by atoms with Crippen molar-refractivity contribution in [3.63, 3.8) is 0 Å². The molecule has 1 aromatic carbocycles. The highest BCUT2D eigenvalue weighted by molar-refractivity contribution is 7.89. The zero-order chi connectivity index (χ0) is 12.8. The molecule has 1 heterocycles.